The molecule has 9 nitrogen and oxygen atoms in total. The number of thiazole rings is 1. The molecule has 0 saturated carbocycles. The molecule has 0 aliphatic heterocycles. The molecule has 3 N–H and O–H groups in total. The van der Waals surface area contributed by atoms with E-state index < -0.39 is 5.91 Å². The van der Waals surface area contributed by atoms with Gasteiger partial charge in [-0.05, 0) is 45.6 Å². The molecule has 2 rings (SSSR count). The zero-order chi connectivity index (χ0) is 23.7. The number of nitrogens with zero attached hydrogens (tertiary/aromatic N) is 3. The topological polar surface area (TPSA) is 119 Å². The molecule has 0 atom stereocenters. The molecule has 10 heteroatoms. The van der Waals surface area contributed by atoms with Crippen molar-refractivity contribution in [3.05, 3.63) is 43.8 Å². The first kappa shape index (κ1) is 24.8. The first-order chi connectivity index (χ1) is 15.3. The smallest absolute Gasteiger partial charge is 0.270 e. The molecule has 170 valence electrons. The van der Waals surface area contributed by atoms with Gasteiger partial charge in [-0.2, -0.15) is 5.26 Å². The van der Waals surface area contributed by atoms with Gasteiger partial charge in [-0.3, -0.25) is 23.9 Å². The average molecular weight is 457 g/mol. The molecule has 1 aromatic carbocycles. The SMILES string of the molecule is CCNC(=O)C(C#N)=c1sc(=CNc2cccc(NC(=O)CN(C)CC)c2)c(=O)n1CC. The fourth-order valence-corrected chi connectivity index (χ4v) is 3.92. The summed E-state index contributed by atoms with van der Waals surface area (Å²) in [5.41, 5.74) is 0.936. The Bertz CT molecular complexity index is 1190. The Hall–Kier alpha value is -3.42. The molecule has 0 fully saturated rings. The Kier molecular flexibility index (Phi) is 9.19. The van der Waals surface area contributed by atoms with E-state index in [1.165, 1.54) is 4.57 Å². The first-order valence-electron chi connectivity index (χ1n) is 10.3. The molecule has 0 unspecified atom stereocenters. The van der Waals surface area contributed by atoms with Crippen LogP contribution in [0.25, 0.3) is 11.8 Å². The Morgan fingerprint density at radius 3 is 2.59 bits per heavy atom. The number of carbonyl (C=O) groups is 2. The van der Waals surface area contributed by atoms with Gasteiger partial charge in [0.1, 0.15) is 15.3 Å². The fraction of sp³-hybridized carbons (Fsp3) is 0.364. The van der Waals surface area contributed by atoms with Gasteiger partial charge in [0.2, 0.25) is 5.91 Å². The van der Waals surface area contributed by atoms with Crippen LogP contribution in [0.15, 0.2) is 29.1 Å². The van der Waals surface area contributed by atoms with E-state index in [2.05, 4.69) is 16.0 Å². The molecule has 0 radical (unpaired) electrons. The third-order valence-corrected chi connectivity index (χ3v) is 5.71. The monoisotopic (exact) mass is 456 g/mol. The van der Waals surface area contributed by atoms with Gasteiger partial charge in [0.15, 0.2) is 5.57 Å². The van der Waals surface area contributed by atoms with E-state index in [-0.39, 0.29) is 23.6 Å². The maximum Gasteiger partial charge on any atom is 0.270 e. The van der Waals surface area contributed by atoms with Crippen molar-refractivity contribution >= 4 is 46.3 Å². The number of nitriles is 1. The largest absolute Gasteiger partial charge is 0.360 e. The molecule has 0 saturated heterocycles. The van der Waals surface area contributed by atoms with Crippen molar-refractivity contribution in [2.45, 2.75) is 27.3 Å². The second-order valence-electron chi connectivity index (χ2n) is 6.92. The lowest BCUT2D eigenvalue weighted by Gasteiger charge is -2.13. The highest BCUT2D eigenvalue weighted by Gasteiger charge is 2.14. The van der Waals surface area contributed by atoms with Crippen LogP contribution in [0.4, 0.5) is 11.4 Å². The molecule has 0 spiro atoms. The van der Waals surface area contributed by atoms with Crippen LogP contribution in [0.1, 0.15) is 20.8 Å². The maximum atomic E-state index is 12.8. The van der Waals surface area contributed by atoms with Crippen molar-refractivity contribution in [1.82, 2.24) is 14.8 Å². The van der Waals surface area contributed by atoms with Crippen LogP contribution in [0, 0.1) is 11.3 Å². The predicted molar refractivity (Wildman–Crippen MR) is 128 cm³/mol. The minimum Gasteiger partial charge on any atom is -0.360 e. The van der Waals surface area contributed by atoms with Gasteiger partial charge < -0.3 is 16.0 Å². The van der Waals surface area contributed by atoms with Gasteiger partial charge in [0.05, 0.1) is 6.54 Å². The van der Waals surface area contributed by atoms with Gasteiger partial charge in [-0.15, -0.1) is 11.3 Å². The van der Waals surface area contributed by atoms with Crippen LogP contribution in [0.2, 0.25) is 0 Å². The summed E-state index contributed by atoms with van der Waals surface area (Å²) in [6, 6.07) is 9.04. The van der Waals surface area contributed by atoms with Gasteiger partial charge in [-0.25, -0.2) is 0 Å². The molecule has 0 bridgehead atoms. The van der Waals surface area contributed by atoms with E-state index in [9.17, 15) is 19.6 Å². The Morgan fingerprint density at radius 1 is 1.25 bits per heavy atom. The van der Waals surface area contributed by atoms with Crippen LogP contribution >= 0.6 is 11.3 Å². The second kappa shape index (κ2) is 11.8. The van der Waals surface area contributed by atoms with E-state index in [0.717, 1.165) is 17.9 Å². The van der Waals surface area contributed by atoms with Crippen molar-refractivity contribution in [2.75, 3.05) is 37.3 Å². The molecule has 2 amide bonds. The van der Waals surface area contributed by atoms with E-state index in [1.807, 2.05) is 24.9 Å². The highest BCUT2D eigenvalue weighted by Crippen LogP contribution is 2.15. The number of aromatic nitrogens is 1. The summed E-state index contributed by atoms with van der Waals surface area (Å²) in [5.74, 6) is -0.621. The molecule has 32 heavy (non-hydrogen) atoms. The Morgan fingerprint density at radius 2 is 1.97 bits per heavy atom. The number of carbonyl (C=O) groups excluding carboxylic acids is 2. The molecular formula is C22H28N6O3S. The molecule has 0 aliphatic carbocycles. The van der Waals surface area contributed by atoms with Crippen LogP contribution in [0.3, 0.4) is 0 Å². The van der Waals surface area contributed by atoms with Gasteiger partial charge in [-0.1, -0.05) is 13.0 Å². The van der Waals surface area contributed by atoms with E-state index in [4.69, 9.17) is 0 Å². The van der Waals surface area contributed by atoms with Crippen molar-refractivity contribution in [2.24, 2.45) is 0 Å². The maximum absolute atomic E-state index is 12.8. The number of hydrogen-bond acceptors (Lipinski definition) is 7. The van der Waals surface area contributed by atoms with Crippen LogP contribution in [-0.4, -0.2) is 48.0 Å². The Balaban J connectivity index is 2.34. The van der Waals surface area contributed by atoms with Gasteiger partial charge >= 0.3 is 0 Å². The highest BCUT2D eigenvalue weighted by atomic mass is 32.1. The second-order valence-corrected chi connectivity index (χ2v) is 7.95. The van der Waals surface area contributed by atoms with Crippen molar-refractivity contribution < 1.29 is 9.59 Å². The Labute approximate surface area is 190 Å². The lowest BCUT2D eigenvalue weighted by atomic mass is 10.2. The van der Waals surface area contributed by atoms with Crippen LogP contribution in [-0.2, 0) is 16.1 Å². The third kappa shape index (κ3) is 6.29. The van der Waals surface area contributed by atoms with E-state index in [1.54, 1.807) is 44.3 Å². The van der Waals surface area contributed by atoms with Gasteiger partial charge in [0.25, 0.3) is 11.5 Å². The number of nitrogens with one attached hydrogen (secondary N) is 3. The van der Waals surface area contributed by atoms with Crippen molar-refractivity contribution in [3.63, 3.8) is 0 Å². The first-order valence-corrected chi connectivity index (χ1v) is 11.1. The van der Waals surface area contributed by atoms with Crippen molar-refractivity contribution in [1.29, 1.82) is 5.26 Å². The number of likely N-dealkylation sites (N-methyl/N-ethyl adjacent to an activating group) is 1. The predicted octanol–water partition coefficient (Wildman–Crippen LogP) is 0.480. The number of hydrogen-bond donors (Lipinski definition) is 3. The fourth-order valence-electron chi connectivity index (χ4n) is 2.83. The summed E-state index contributed by atoms with van der Waals surface area (Å²) in [6.07, 6.45) is 1.54. The van der Waals surface area contributed by atoms with Crippen LogP contribution < -0.4 is 30.7 Å². The lowest BCUT2D eigenvalue weighted by Crippen LogP contribution is -2.34. The third-order valence-electron chi connectivity index (χ3n) is 4.58. The summed E-state index contributed by atoms with van der Waals surface area (Å²) < 4.78 is 2.09. The molecular weight excluding hydrogens is 428 g/mol. The summed E-state index contributed by atoms with van der Waals surface area (Å²) in [6.45, 7) is 7.29. The van der Waals surface area contributed by atoms with Crippen molar-refractivity contribution in [3.8, 4) is 6.07 Å². The normalized spacial score (nSPS) is 12.3. The number of benzene rings is 1. The average Bonchev–Trinajstić information content (AvgIpc) is 3.08. The number of rotatable bonds is 9. The summed E-state index contributed by atoms with van der Waals surface area (Å²) in [7, 11) is 1.87. The molecule has 1 heterocycles. The zero-order valence-corrected chi connectivity index (χ0v) is 19.5. The molecule has 1 aromatic heterocycles. The minimum absolute atomic E-state index is 0.0859. The standard InChI is InChI=1S/C22H28N6O3S/c1-5-24-20(30)17(12-23)22-28(7-3)21(31)18(32-22)13-25-15-9-8-10-16(11-15)26-19(29)14-27(4)6-2/h8-11,13,25H,5-7,14H2,1-4H3,(H,24,30)(H,26,29). The lowest BCUT2D eigenvalue weighted by molar-refractivity contribution is -0.117. The number of anilines is 2. The summed E-state index contributed by atoms with van der Waals surface area (Å²) in [4.78, 5) is 39.0. The van der Waals surface area contributed by atoms with E-state index >= 15 is 0 Å². The zero-order valence-electron chi connectivity index (χ0n) is 18.7. The molecule has 2 aromatic rings. The molecule has 0 aliphatic rings. The quantitative estimate of drug-likeness (QED) is 0.505. The number of amides is 2. The summed E-state index contributed by atoms with van der Waals surface area (Å²) >= 11 is 1.08. The highest BCUT2D eigenvalue weighted by molar-refractivity contribution is 7.07. The summed E-state index contributed by atoms with van der Waals surface area (Å²) in [5, 5.41) is 18.0. The van der Waals surface area contributed by atoms with E-state index in [0.29, 0.717) is 33.7 Å². The van der Waals surface area contributed by atoms with Gasteiger partial charge in [0, 0.05) is 30.7 Å². The van der Waals surface area contributed by atoms with Crippen LogP contribution in [0.5, 0.6) is 0 Å². The minimum atomic E-state index is -0.505.